The fourth-order valence-electron chi connectivity index (χ4n) is 2.09. The molecule has 2 rings (SSSR count). The van der Waals surface area contributed by atoms with Crippen LogP contribution in [-0.4, -0.2) is 6.61 Å². The average molecular weight is 244 g/mol. The Morgan fingerprint density at radius 1 is 1.50 bits per heavy atom. The van der Waals surface area contributed by atoms with Gasteiger partial charge in [-0.2, -0.15) is 5.26 Å². The molecular weight excluding hydrogens is 224 g/mol. The molecule has 18 heavy (non-hydrogen) atoms. The van der Waals surface area contributed by atoms with Crippen molar-refractivity contribution in [1.29, 1.82) is 5.26 Å². The summed E-state index contributed by atoms with van der Waals surface area (Å²) in [6.45, 7) is 4.63. The summed E-state index contributed by atoms with van der Waals surface area (Å²) in [6, 6.07) is 8.32. The number of nitriles is 1. The number of rotatable bonds is 5. The smallest absolute Gasteiger partial charge is 0.124 e. The van der Waals surface area contributed by atoms with Crippen molar-refractivity contribution in [2.75, 3.05) is 6.61 Å². The van der Waals surface area contributed by atoms with Gasteiger partial charge in [-0.3, -0.25) is 0 Å². The van der Waals surface area contributed by atoms with E-state index >= 15 is 0 Å². The van der Waals surface area contributed by atoms with Gasteiger partial charge >= 0.3 is 0 Å². The number of nitrogens with two attached hydrogens (primary N) is 1. The minimum atomic E-state index is -0.0354. The maximum absolute atomic E-state index is 8.80. The molecule has 0 aliphatic heterocycles. The van der Waals surface area contributed by atoms with Crippen molar-refractivity contribution in [3.63, 3.8) is 0 Å². The first-order valence-corrected chi connectivity index (χ1v) is 6.42. The van der Waals surface area contributed by atoms with Crippen LogP contribution in [0.5, 0.6) is 5.75 Å². The van der Waals surface area contributed by atoms with Gasteiger partial charge in [-0.15, -0.1) is 0 Å². The molecule has 1 saturated carbocycles. The molecule has 1 aliphatic carbocycles. The van der Waals surface area contributed by atoms with Crippen molar-refractivity contribution in [2.24, 2.45) is 11.1 Å². The van der Waals surface area contributed by atoms with E-state index in [9.17, 15) is 0 Å². The molecule has 0 heterocycles. The van der Waals surface area contributed by atoms with E-state index in [1.54, 1.807) is 0 Å². The number of nitrogens with zero attached hydrogens (tertiary/aromatic N) is 1. The highest BCUT2D eigenvalue weighted by Crippen LogP contribution is 2.48. The normalized spacial score (nSPS) is 17.9. The molecule has 0 bridgehead atoms. The second-order valence-corrected chi connectivity index (χ2v) is 5.45. The Morgan fingerprint density at radius 2 is 2.22 bits per heavy atom. The molecule has 0 unspecified atom stereocenters. The molecule has 1 aliphatic rings. The summed E-state index contributed by atoms with van der Waals surface area (Å²) < 4.78 is 5.93. The molecule has 0 radical (unpaired) electrons. The molecule has 1 aromatic rings. The third-order valence-electron chi connectivity index (χ3n) is 3.60. The van der Waals surface area contributed by atoms with Crippen LogP contribution in [0.1, 0.15) is 43.4 Å². The van der Waals surface area contributed by atoms with Crippen LogP contribution in [0.2, 0.25) is 0 Å². The standard InChI is InChI=1S/C15H20N2O/c1-11-3-4-13(12(2)17)14(9-11)18-10-15(5-6-15)7-8-16/h3-4,9,12H,5-7,10,17H2,1-2H3/t12-/m0/s1. The first kappa shape index (κ1) is 12.9. The SMILES string of the molecule is Cc1ccc([C@H](C)N)c(OCC2(CC#N)CC2)c1. The maximum Gasteiger partial charge on any atom is 0.124 e. The second-order valence-electron chi connectivity index (χ2n) is 5.45. The van der Waals surface area contributed by atoms with Crippen LogP contribution in [-0.2, 0) is 0 Å². The minimum Gasteiger partial charge on any atom is -0.493 e. The highest BCUT2D eigenvalue weighted by Gasteiger charge is 2.43. The summed E-state index contributed by atoms with van der Waals surface area (Å²) >= 11 is 0. The van der Waals surface area contributed by atoms with E-state index < -0.39 is 0 Å². The summed E-state index contributed by atoms with van der Waals surface area (Å²) in [5.74, 6) is 0.870. The number of aryl methyl sites for hydroxylation is 1. The quantitative estimate of drug-likeness (QED) is 0.865. The fraction of sp³-hybridized carbons (Fsp3) is 0.533. The lowest BCUT2D eigenvalue weighted by molar-refractivity contribution is 0.234. The van der Waals surface area contributed by atoms with Gasteiger partial charge in [-0.1, -0.05) is 12.1 Å². The summed E-state index contributed by atoms with van der Waals surface area (Å²) in [5, 5.41) is 8.80. The largest absolute Gasteiger partial charge is 0.493 e. The zero-order chi connectivity index (χ0) is 13.2. The Bertz CT molecular complexity index is 470. The van der Waals surface area contributed by atoms with Gasteiger partial charge in [0.2, 0.25) is 0 Å². The third-order valence-corrected chi connectivity index (χ3v) is 3.60. The first-order valence-electron chi connectivity index (χ1n) is 6.42. The lowest BCUT2D eigenvalue weighted by Crippen LogP contribution is -2.15. The van der Waals surface area contributed by atoms with Crippen molar-refractivity contribution in [2.45, 2.75) is 39.2 Å². The number of hydrogen-bond donors (Lipinski definition) is 1. The van der Waals surface area contributed by atoms with Crippen LogP contribution >= 0.6 is 0 Å². The topological polar surface area (TPSA) is 59.0 Å². The summed E-state index contributed by atoms with van der Waals surface area (Å²) in [6.07, 6.45) is 2.78. The second kappa shape index (κ2) is 4.99. The van der Waals surface area contributed by atoms with Gasteiger partial charge in [0.15, 0.2) is 0 Å². The molecule has 3 nitrogen and oxygen atoms in total. The van der Waals surface area contributed by atoms with Crippen molar-refractivity contribution in [1.82, 2.24) is 0 Å². The maximum atomic E-state index is 8.80. The van der Waals surface area contributed by atoms with E-state index in [1.165, 1.54) is 5.56 Å². The van der Waals surface area contributed by atoms with Gasteiger partial charge in [0.1, 0.15) is 5.75 Å². The van der Waals surface area contributed by atoms with E-state index in [0.29, 0.717) is 13.0 Å². The average Bonchev–Trinajstić information content (AvgIpc) is 3.07. The Morgan fingerprint density at radius 3 is 2.78 bits per heavy atom. The molecule has 96 valence electrons. The lowest BCUT2D eigenvalue weighted by atomic mass is 10.0. The Labute approximate surface area is 109 Å². The van der Waals surface area contributed by atoms with Gasteiger partial charge in [0, 0.05) is 23.4 Å². The van der Waals surface area contributed by atoms with E-state index in [1.807, 2.05) is 32.0 Å². The zero-order valence-electron chi connectivity index (χ0n) is 11.1. The summed E-state index contributed by atoms with van der Waals surface area (Å²) in [7, 11) is 0. The number of hydrogen-bond acceptors (Lipinski definition) is 3. The van der Waals surface area contributed by atoms with Crippen molar-refractivity contribution in [3.8, 4) is 11.8 Å². The van der Waals surface area contributed by atoms with Gasteiger partial charge in [-0.25, -0.2) is 0 Å². The summed E-state index contributed by atoms with van der Waals surface area (Å²) in [4.78, 5) is 0. The van der Waals surface area contributed by atoms with Crippen molar-refractivity contribution < 1.29 is 4.74 Å². The zero-order valence-corrected chi connectivity index (χ0v) is 11.1. The number of benzene rings is 1. The summed E-state index contributed by atoms with van der Waals surface area (Å²) in [5.41, 5.74) is 8.25. The number of ether oxygens (including phenoxy) is 1. The van der Waals surface area contributed by atoms with Gasteiger partial charge in [0.05, 0.1) is 12.7 Å². The van der Waals surface area contributed by atoms with E-state index in [-0.39, 0.29) is 11.5 Å². The molecule has 0 spiro atoms. The Hall–Kier alpha value is -1.53. The van der Waals surface area contributed by atoms with E-state index in [0.717, 1.165) is 24.2 Å². The lowest BCUT2D eigenvalue weighted by Gasteiger charge is -2.18. The molecule has 0 amide bonds. The molecule has 1 aromatic carbocycles. The van der Waals surface area contributed by atoms with Crippen LogP contribution in [0.25, 0.3) is 0 Å². The van der Waals surface area contributed by atoms with Gasteiger partial charge in [-0.05, 0) is 38.3 Å². The van der Waals surface area contributed by atoms with E-state index in [4.69, 9.17) is 15.7 Å². The van der Waals surface area contributed by atoms with Crippen LogP contribution in [0.15, 0.2) is 18.2 Å². The monoisotopic (exact) mass is 244 g/mol. The molecular formula is C15H20N2O. The molecule has 1 atom stereocenters. The van der Waals surface area contributed by atoms with E-state index in [2.05, 4.69) is 6.07 Å². The molecule has 0 saturated heterocycles. The van der Waals surface area contributed by atoms with Gasteiger partial charge < -0.3 is 10.5 Å². The highest BCUT2D eigenvalue weighted by atomic mass is 16.5. The molecule has 0 aromatic heterocycles. The fourth-order valence-corrected chi connectivity index (χ4v) is 2.09. The van der Waals surface area contributed by atoms with Crippen LogP contribution in [0, 0.1) is 23.7 Å². The minimum absolute atomic E-state index is 0.0354. The van der Waals surface area contributed by atoms with Crippen LogP contribution in [0.4, 0.5) is 0 Å². The third kappa shape index (κ3) is 2.83. The predicted octanol–water partition coefficient (Wildman–Crippen LogP) is 3.09. The molecule has 1 fully saturated rings. The molecule has 3 heteroatoms. The highest BCUT2D eigenvalue weighted by molar-refractivity contribution is 5.39. The van der Waals surface area contributed by atoms with Crippen molar-refractivity contribution >= 4 is 0 Å². The Balaban J connectivity index is 2.09. The first-order chi connectivity index (χ1) is 8.56. The van der Waals surface area contributed by atoms with Crippen LogP contribution < -0.4 is 10.5 Å². The predicted molar refractivity (Wildman–Crippen MR) is 71.2 cm³/mol. The van der Waals surface area contributed by atoms with Crippen molar-refractivity contribution in [3.05, 3.63) is 29.3 Å². The van der Waals surface area contributed by atoms with Crippen LogP contribution in [0.3, 0.4) is 0 Å². The molecule has 2 N–H and O–H groups in total. The van der Waals surface area contributed by atoms with Gasteiger partial charge in [0.25, 0.3) is 0 Å². The Kier molecular flexibility index (Phi) is 3.58.